The van der Waals surface area contributed by atoms with Crippen LogP contribution < -0.4 is 10.2 Å². The zero-order chi connectivity index (χ0) is 22.7. The molecule has 0 radical (unpaired) electrons. The number of hydrogen-bond donors (Lipinski definition) is 1. The molecule has 0 spiro atoms. The van der Waals surface area contributed by atoms with Crippen molar-refractivity contribution in [2.75, 3.05) is 30.3 Å². The molecule has 168 valence electrons. The van der Waals surface area contributed by atoms with E-state index in [2.05, 4.69) is 41.5 Å². The van der Waals surface area contributed by atoms with Crippen LogP contribution in [0, 0.1) is 31.4 Å². The molecule has 3 aromatic rings. The van der Waals surface area contributed by atoms with Crippen LogP contribution >= 0.6 is 11.8 Å². The number of halogens is 2. The maximum Gasteiger partial charge on any atom is 0.230 e. The Bertz CT molecular complexity index is 1120. The maximum atomic E-state index is 13.5. The largest absolute Gasteiger partial charge is 0.371 e. The molecule has 32 heavy (non-hydrogen) atoms. The fourth-order valence-electron chi connectivity index (χ4n) is 3.73. The van der Waals surface area contributed by atoms with Gasteiger partial charge in [-0.2, -0.15) is 0 Å². The first-order valence-corrected chi connectivity index (χ1v) is 11.5. The molecule has 4 rings (SSSR count). The average Bonchev–Trinajstić information content (AvgIpc) is 3.44. The van der Waals surface area contributed by atoms with Gasteiger partial charge in [0.1, 0.15) is 6.33 Å². The zero-order valence-electron chi connectivity index (χ0n) is 18.0. The van der Waals surface area contributed by atoms with E-state index in [1.807, 2.05) is 15.5 Å². The van der Waals surface area contributed by atoms with Crippen LogP contribution in [0.4, 0.5) is 14.5 Å². The van der Waals surface area contributed by atoms with Crippen molar-refractivity contribution in [1.82, 2.24) is 20.1 Å². The summed E-state index contributed by atoms with van der Waals surface area (Å²) in [4.78, 5) is 14.4. The van der Waals surface area contributed by atoms with Gasteiger partial charge in [0, 0.05) is 37.1 Å². The second-order valence-corrected chi connectivity index (χ2v) is 8.99. The summed E-state index contributed by atoms with van der Waals surface area (Å²) in [5.74, 6) is -1.26. The molecule has 1 amide bonds. The smallest absolute Gasteiger partial charge is 0.230 e. The highest BCUT2D eigenvalue weighted by atomic mass is 32.2. The Balaban J connectivity index is 1.26. The number of aryl methyl sites for hydroxylation is 2. The number of benzene rings is 2. The lowest BCUT2D eigenvalue weighted by molar-refractivity contribution is -0.118. The molecule has 1 aliphatic rings. The maximum absolute atomic E-state index is 13.5. The predicted molar refractivity (Wildman–Crippen MR) is 121 cm³/mol. The molecule has 1 aromatic heterocycles. The Morgan fingerprint density at radius 2 is 1.94 bits per heavy atom. The molecule has 0 bridgehead atoms. The summed E-state index contributed by atoms with van der Waals surface area (Å²) in [6.07, 6.45) is 2.53. The number of thioether (sulfide) groups is 1. The van der Waals surface area contributed by atoms with E-state index < -0.39 is 11.6 Å². The SMILES string of the molecule is Cc1ccc(-n2cnnc2SCC(=O)NCC2CCN(c3ccc(F)c(F)c3)C2)cc1C. The van der Waals surface area contributed by atoms with Crippen molar-refractivity contribution >= 4 is 23.4 Å². The lowest BCUT2D eigenvalue weighted by atomic mass is 10.1. The van der Waals surface area contributed by atoms with Crippen LogP contribution in [0.15, 0.2) is 47.9 Å². The first-order valence-electron chi connectivity index (χ1n) is 10.5. The third-order valence-corrected chi connectivity index (χ3v) is 6.70. The van der Waals surface area contributed by atoms with Gasteiger partial charge >= 0.3 is 0 Å². The standard InChI is InChI=1S/C23H25F2N5OS/c1-15-3-4-19(9-16(15)2)30-14-27-28-23(30)32-13-22(31)26-11-17-7-8-29(12-17)18-5-6-20(24)21(25)10-18/h3-6,9-10,14,17H,7-8,11-13H2,1-2H3,(H,26,31). The van der Waals surface area contributed by atoms with E-state index in [-0.39, 0.29) is 17.6 Å². The van der Waals surface area contributed by atoms with Gasteiger partial charge in [-0.1, -0.05) is 17.8 Å². The van der Waals surface area contributed by atoms with Gasteiger partial charge in [0.15, 0.2) is 16.8 Å². The Kier molecular flexibility index (Phi) is 6.74. The lowest BCUT2D eigenvalue weighted by Crippen LogP contribution is -2.32. The summed E-state index contributed by atoms with van der Waals surface area (Å²) < 4.78 is 28.5. The molecule has 1 N–H and O–H groups in total. The summed E-state index contributed by atoms with van der Waals surface area (Å²) in [6.45, 7) is 6.11. The highest BCUT2D eigenvalue weighted by Gasteiger charge is 2.24. The van der Waals surface area contributed by atoms with Gasteiger partial charge < -0.3 is 10.2 Å². The third kappa shape index (κ3) is 5.09. The fraction of sp³-hybridized carbons (Fsp3) is 0.348. The van der Waals surface area contributed by atoms with Crippen LogP contribution in [-0.4, -0.2) is 46.1 Å². The number of amides is 1. The molecule has 0 saturated carbocycles. The van der Waals surface area contributed by atoms with Gasteiger partial charge in [-0.25, -0.2) is 8.78 Å². The fourth-order valence-corrected chi connectivity index (χ4v) is 4.49. The van der Waals surface area contributed by atoms with E-state index in [4.69, 9.17) is 0 Å². The second kappa shape index (κ2) is 9.68. The summed E-state index contributed by atoms with van der Waals surface area (Å²) in [7, 11) is 0. The second-order valence-electron chi connectivity index (χ2n) is 8.04. The average molecular weight is 458 g/mol. The van der Waals surface area contributed by atoms with Crippen molar-refractivity contribution in [2.24, 2.45) is 5.92 Å². The molecular weight excluding hydrogens is 432 g/mol. The Morgan fingerprint density at radius 3 is 2.72 bits per heavy atom. The van der Waals surface area contributed by atoms with Crippen molar-refractivity contribution in [3.8, 4) is 5.69 Å². The summed E-state index contributed by atoms with van der Waals surface area (Å²) in [5, 5.41) is 11.8. The van der Waals surface area contributed by atoms with E-state index in [9.17, 15) is 13.6 Å². The number of nitrogens with zero attached hydrogens (tertiary/aromatic N) is 4. The van der Waals surface area contributed by atoms with E-state index in [0.29, 0.717) is 23.9 Å². The van der Waals surface area contributed by atoms with E-state index >= 15 is 0 Å². The highest BCUT2D eigenvalue weighted by molar-refractivity contribution is 7.99. The van der Waals surface area contributed by atoms with Gasteiger partial charge in [0.25, 0.3) is 0 Å². The van der Waals surface area contributed by atoms with Gasteiger partial charge in [-0.3, -0.25) is 9.36 Å². The summed E-state index contributed by atoms with van der Waals surface area (Å²) in [6, 6.07) is 10.1. The summed E-state index contributed by atoms with van der Waals surface area (Å²) >= 11 is 1.34. The highest BCUT2D eigenvalue weighted by Crippen LogP contribution is 2.25. The molecule has 1 aliphatic heterocycles. The van der Waals surface area contributed by atoms with Crippen molar-refractivity contribution in [1.29, 1.82) is 0 Å². The molecule has 1 unspecified atom stereocenters. The number of carbonyl (C=O) groups excluding carboxylic acids is 1. The van der Waals surface area contributed by atoms with Gasteiger partial charge in [0.05, 0.1) is 5.75 Å². The molecule has 6 nitrogen and oxygen atoms in total. The molecule has 2 aromatic carbocycles. The minimum atomic E-state index is -0.845. The van der Waals surface area contributed by atoms with Gasteiger partial charge in [0.2, 0.25) is 5.91 Å². The monoisotopic (exact) mass is 457 g/mol. The van der Waals surface area contributed by atoms with Crippen molar-refractivity contribution in [2.45, 2.75) is 25.4 Å². The molecular formula is C23H25F2N5OS. The van der Waals surface area contributed by atoms with Gasteiger partial charge in [-0.05, 0) is 61.6 Å². The third-order valence-electron chi connectivity index (χ3n) is 5.76. The van der Waals surface area contributed by atoms with Crippen LogP contribution in [0.3, 0.4) is 0 Å². The number of hydrogen-bond acceptors (Lipinski definition) is 5. The number of aromatic nitrogens is 3. The van der Waals surface area contributed by atoms with Crippen LogP contribution in [0.25, 0.3) is 5.69 Å². The van der Waals surface area contributed by atoms with Crippen molar-refractivity contribution in [3.05, 3.63) is 65.5 Å². The topological polar surface area (TPSA) is 63.1 Å². The number of rotatable bonds is 7. The van der Waals surface area contributed by atoms with Crippen LogP contribution in [0.1, 0.15) is 17.5 Å². The van der Waals surface area contributed by atoms with E-state index in [1.54, 1.807) is 12.4 Å². The molecule has 9 heteroatoms. The Hall–Kier alpha value is -2.94. The van der Waals surface area contributed by atoms with Crippen LogP contribution in [0.2, 0.25) is 0 Å². The normalized spacial score (nSPS) is 15.9. The van der Waals surface area contributed by atoms with Crippen LogP contribution in [-0.2, 0) is 4.79 Å². The summed E-state index contributed by atoms with van der Waals surface area (Å²) in [5.41, 5.74) is 4.02. The number of carbonyl (C=O) groups is 1. The van der Waals surface area contributed by atoms with Crippen molar-refractivity contribution < 1.29 is 13.6 Å². The first-order chi connectivity index (χ1) is 15.4. The molecule has 1 fully saturated rings. The zero-order valence-corrected chi connectivity index (χ0v) is 18.8. The van der Waals surface area contributed by atoms with Gasteiger partial charge in [-0.15, -0.1) is 10.2 Å². The van der Waals surface area contributed by atoms with E-state index in [0.717, 1.165) is 24.7 Å². The number of nitrogens with one attached hydrogen (secondary N) is 1. The molecule has 0 aliphatic carbocycles. The lowest BCUT2D eigenvalue weighted by Gasteiger charge is -2.19. The molecule has 1 atom stereocenters. The predicted octanol–water partition coefficient (Wildman–Crippen LogP) is 3.90. The number of anilines is 1. The van der Waals surface area contributed by atoms with E-state index in [1.165, 1.54) is 29.0 Å². The first kappa shape index (κ1) is 22.3. The molecule has 1 saturated heterocycles. The van der Waals surface area contributed by atoms with Crippen molar-refractivity contribution in [3.63, 3.8) is 0 Å². The quantitative estimate of drug-likeness (QED) is 0.546. The Morgan fingerprint density at radius 1 is 1.12 bits per heavy atom. The Labute approximate surface area is 190 Å². The molecule has 2 heterocycles. The minimum absolute atomic E-state index is 0.0732. The minimum Gasteiger partial charge on any atom is -0.371 e. The van der Waals surface area contributed by atoms with Crippen LogP contribution in [0.5, 0.6) is 0 Å².